The molecule has 1 N–H and O–H groups in total. The van der Waals surface area contributed by atoms with Gasteiger partial charge in [-0.05, 0) is 63.7 Å². The van der Waals surface area contributed by atoms with Crippen LogP contribution in [0.1, 0.15) is 118 Å². The number of Topliss-reactive ketones (excluding diaryl/α,β-unsaturated/α-hetero) is 2. The molecule has 0 saturated heterocycles. The molecule has 0 amide bonds. The van der Waals surface area contributed by atoms with Crippen molar-refractivity contribution in [2.75, 3.05) is 0 Å². The predicted octanol–water partition coefficient (Wildman–Crippen LogP) is 6.82. The summed E-state index contributed by atoms with van der Waals surface area (Å²) in [5.74, 6) is 1.44. The van der Waals surface area contributed by atoms with E-state index in [2.05, 4.69) is 19.1 Å². The lowest BCUT2D eigenvalue weighted by Gasteiger charge is -2.20. The van der Waals surface area contributed by atoms with Crippen molar-refractivity contribution in [2.24, 2.45) is 11.8 Å². The minimum Gasteiger partial charge on any atom is -0.393 e. The lowest BCUT2D eigenvalue weighted by molar-refractivity contribution is -0.119. The Morgan fingerprint density at radius 1 is 0.929 bits per heavy atom. The van der Waals surface area contributed by atoms with E-state index in [9.17, 15) is 14.7 Å². The first-order valence-corrected chi connectivity index (χ1v) is 11.9. The number of aliphatic hydroxyl groups is 1. The fourth-order valence-corrected chi connectivity index (χ4v) is 4.07. The van der Waals surface area contributed by atoms with Gasteiger partial charge in [-0.1, -0.05) is 58.6 Å². The van der Waals surface area contributed by atoms with Crippen LogP contribution in [-0.4, -0.2) is 22.8 Å². The first-order valence-electron chi connectivity index (χ1n) is 11.9. The monoisotopic (exact) mass is 394 g/mol. The molecule has 3 nitrogen and oxygen atoms in total. The first-order chi connectivity index (χ1) is 13.5. The van der Waals surface area contributed by atoms with Crippen LogP contribution in [0.25, 0.3) is 0 Å². The molecule has 3 heteroatoms. The van der Waals surface area contributed by atoms with Crippen LogP contribution >= 0.6 is 0 Å². The molecule has 0 aromatic heterocycles. The molecule has 0 heterocycles. The summed E-state index contributed by atoms with van der Waals surface area (Å²) in [4.78, 5) is 23.0. The molecule has 1 fully saturated rings. The van der Waals surface area contributed by atoms with Crippen molar-refractivity contribution < 1.29 is 14.7 Å². The second kappa shape index (κ2) is 18.1. The summed E-state index contributed by atoms with van der Waals surface area (Å²) in [7, 11) is 0. The highest BCUT2D eigenvalue weighted by Crippen LogP contribution is 2.37. The van der Waals surface area contributed by atoms with Gasteiger partial charge in [0.25, 0.3) is 0 Å². The third kappa shape index (κ3) is 13.3. The lowest BCUT2D eigenvalue weighted by atomic mass is 9.87. The maximum atomic E-state index is 12.1. The molecular formula is C25H46O3. The van der Waals surface area contributed by atoms with Gasteiger partial charge < -0.3 is 9.90 Å². The second-order valence-corrected chi connectivity index (χ2v) is 8.11. The van der Waals surface area contributed by atoms with Gasteiger partial charge in [-0.3, -0.25) is 4.79 Å². The van der Waals surface area contributed by atoms with E-state index in [1.165, 1.54) is 25.7 Å². The summed E-state index contributed by atoms with van der Waals surface area (Å²) in [6, 6.07) is 0. The van der Waals surface area contributed by atoms with Crippen LogP contribution in [0.5, 0.6) is 0 Å². The number of carbonyl (C=O) groups excluding carboxylic acids is 2. The highest BCUT2D eigenvalue weighted by atomic mass is 16.3. The number of aliphatic hydroxyl groups excluding tert-OH is 1. The minimum atomic E-state index is -0.217. The number of unbranched alkanes of at least 4 members (excludes halogenated alkanes) is 5. The molecule has 0 aliphatic heterocycles. The van der Waals surface area contributed by atoms with Crippen molar-refractivity contribution in [2.45, 2.75) is 124 Å². The van der Waals surface area contributed by atoms with Gasteiger partial charge in [-0.15, -0.1) is 0 Å². The molecule has 1 aliphatic carbocycles. The van der Waals surface area contributed by atoms with Gasteiger partial charge in [0.05, 0.1) is 6.10 Å². The quantitative estimate of drug-likeness (QED) is 0.245. The summed E-state index contributed by atoms with van der Waals surface area (Å²) >= 11 is 0. The molecule has 0 spiro atoms. The molecule has 1 rings (SSSR count). The summed E-state index contributed by atoms with van der Waals surface area (Å²) < 4.78 is 0. The molecular weight excluding hydrogens is 348 g/mol. The predicted molar refractivity (Wildman–Crippen MR) is 119 cm³/mol. The second-order valence-electron chi connectivity index (χ2n) is 8.11. The van der Waals surface area contributed by atoms with Crippen molar-refractivity contribution in [3.8, 4) is 0 Å². The summed E-state index contributed by atoms with van der Waals surface area (Å²) in [5, 5.41) is 10.3. The Morgan fingerprint density at radius 3 is 2.32 bits per heavy atom. The molecule has 1 unspecified atom stereocenters. The molecule has 0 bridgehead atoms. The molecule has 1 saturated carbocycles. The van der Waals surface area contributed by atoms with Gasteiger partial charge in [0.15, 0.2) is 0 Å². The van der Waals surface area contributed by atoms with Crippen molar-refractivity contribution in [1.29, 1.82) is 0 Å². The fraction of sp³-hybridized carbons (Fsp3) is 0.840. The zero-order chi connectivity index (χ0) is 21.2. The number of rotatable bonds is 15. The Kier molecular flexibility index (Phi) is 17.5. The van der Waals surface area contributed by atoms with Crippen LogP contribution in [0.2, 0.25) is 0 Å². The topological polar surface area (TPSA) is 54.4 Å². The molecule has 0 aromatic carbocycles. The van der Waals surface area contributed by atoms with E-state index in [-0.39, 0.29) is 11.9 Å². The van der Waals surface area contributed by atoms with Crippen LogP contribution in [0.15, 0.2) is 12.2 Å². The van der Waals surface area contributed by atoms with Crippen LogP contribution < -0.4 is 0 Å². The zero-order valence-electron chi connectivity index (χ0n) is 19.0. The van der Waals surface area contributed by atoms with E-state index in [4.69, 9.17) is 0 Å². The Bertz CT molecular complexity index is 428. The van der Waals surface area contributed by atoms with Crippen molar-refractivity contribution >= 4 is 11.6 Å². The Balaban J connectivity index is 0.00000352. The van der Waals surface area contributed by atoms with E-state index < -0.39 is 0 Å². The third-order valence-corrected chi connectivity index (χ3v) is 5.76. The molecule has 0 aromatic rings. The van der Waals surface area contributed by atoms with Gasteiger partial charge in [0.2, 0.25) is 0 Å². The molecule has 164 valence electrons. The van der Waals surface area contributed by atoms with Crippen LogP contribution in [0, 0.1) is 11.8 Å². The van der Waals surface area contributed by atoms with Crippen LogP contribution in [0.3, 0.4) is 0 Å². The summed E-state index contributed by atoms with van der Waals surface area (Å²) in [6.07, 6.45) is 17.8. The Morgan fingerprint density at radius 2 is 1.64 bits per heavy atom. The van der Waals surface area contributed by atoms with Crippen molar-refractivity contribution in [3.05, 3.63) is 12.2 Å². The third-order valence-electron chi connectivity index (χ3n) is 5.76. The molecule has 28 heavy (non-hydrogen) atoms. The summed E-state index contributed by atoms with van der Waals surface area (Å²) in [6.45, 7) is 7.84. The highest BCUT2D eigenvalue weighted by molar-refractivity contribution is 5.78. The molecule has 1 aliphatic rings. The van der Waals surface area contributed by atoms with Gasteiger partial charge >= 0.3 is 0 Å². The van der Waals surface area contributed by atoms with Gasteiger partial charge in [0.1, 0.15) is 11.6 Å². The van der Waals surface area contributed by atoms with E-state index in [1.54, 1.807) is 6.92 Å². The average molecular weight is 395 g/mol. The maximum Gasteiger partial charge on any atom is 0.132 e. The maximum absolute atomic E-state index is 12.1. The average Bonchev–Trinajstić information content (AvgIpc) is 3.03. The number of hydrogen-bond donors (Lipinski definition) is 1. The summed E-state index contributed by atoms with van der Waals surface area (Å²) in [5.41, 5.74) is 0. The van der Waals surface area contributed by atoms with Crippen LogP contribution in [0.4, 0.5) is 0 Å². The van der Waals surface area contributed by atoms with Crippen molar-refractivity contribution in [3.63, 3.8) is 0 Å². The largest absolute Gasteiger partial charge is 0.393 e. The normalized spacial score (nSPS) is 21.5. The van der Waals surface area contributed by atoms with Crippen molar-refractivity contribution in [1.82, 2.24) is 0 Å². The smallest absolute Gasteiger partial charge is 0.132 e. The number of allylic oxidation sites excluding steroid dienone is 2. The van der Waals surface area contributed by atoms with E-state index >= 15 is 0 Å². The van der Waals surface area contributed by atoms with E-state index in [1.807, 2.05) is 13.8 Å². The Hall–Kier alpha value is -0.960. The van der Waals surface area contributed by atoms with E-state index in [0.717, 1.165) is 51.4 Å². The van der Waals surface area contributed by atoms with Gasteiger partial charge in [-0.25, -0.2) is 0 Å². The van der Waals surface area contributed by atoms with Gasteiger partial charge in [-0.2, -0.15) is 0 Å². The van der Waals surface area contributed by atoms with E-state index in [0.29, 0.717) is 30.5 Å². The van der Waals surface area contributed by atoms with Gasteiger partial charge in [0, 0.05) is 19.3 Å². The highest BCUT2D eigenvalue weighted by Gasteiger charge is 2.33. The lowest BCUT2D eigenvalue weighted by Crippen LogP contribution is -2.19. The molecule has 3 atom stereocenters. The number of hydrogen-bond acceptors (Lipinski definition) is 3. The SMILES string of the molecule is CC.CCCCCCCC(=O)CCC1CC[C@H](O)[C@@H]1C/C=C\CCCC(C)=O. The Labute approximate surface area is 174 Å². The fourth-order valence-electron chi connectivity index (χ4n) is 4.07. The standard InChI is InChI=1S/C23H40O3.C2H6/c1-3-4-5-6-10-13-21(25)17-15-20-16-18-23(26)22(20)14-11-8-7-9-12-19(2)24;1-2/h8,11,20,22-23,26H,3-7,9-10,12-18H2,1-2H3;1-2H3/b11-8-;/t20?,22-,23+;/m1./s1. The number of ketones is 2. The number of carbonyl (C=O) groups is 2. The first kappa shape index (κ1) is 27.0. The minimum absolute atomic E-state index is 0.217. The van der Waals surface area contributed by atoms with Crippen LogP contribution in [-0.2, 0) is 9.59 Å². The zero-order valence-corrected chi connectivity index (χ0v) is 19.0. The molecule has 0 radical (unpaired) electrons.